The Morgan fingerprint density at radius 2 is 1.47 bits per heavy atom. The Labute approximate surface area is 94.1 Å². The van der Waals surface area contributed by atoms with Gasteiger partial charge < -0.3 is 18.5 Å². The molecular formula is C9H18O4P2. The molecule has 2 rings (SSSR count). The van der Waals surface area contributed by atoms with Crippen LogP contribution in [0.15, 0.2) is 0 Å². The van der Waals surface area contributed by atoms with Crippen molar-refractivity contribution in [1.29, 1.82) is 0 Å². The van der Waals surface area contributed by atoms with Crippen molar-refractivity contribution in [3.05, 3.63) is 0 Å². The topological polar surface area (TPSA) is 43.5 Å². The van der Waals surface area contributed by atoms with Gasteiger partial charge in [0.05, 0.1) is 26.4 Å². The van der Waals surface area contributed by atoms with Crippen molar-refractivity contribution in [1.82, 2.24) is 0 Å². The van der Waals surface area contributed by atoms with Gasteiger partial charge in [0.15, 0.2) is 0 Å². The van der Waals surface area contributed by atoms with Crippen LogP contribution >= 0.6 is 17.6 Å². The third kappa shape index (κ3) is 5.53. The van der Waals surface area contributed by atoms with Crippen molar-refractivity contribution >= 4 is 17.6 Å². The van der Waals surface area contributed by atoms with Crippen LogP contribution in [0.5, 0.6) is 0 Å². The lowest BCUT2D eigenvalue weighted by Gasteiger charge is -2.23. The number of hydrogen-bond acceptors (Lipinski definition) is 4. The molecule has 4 atom stereocenters. The summed E-state index contributed by atoms with van der Waals surface area (Å²) in [5.41, 5.74) is 0. The first-order valence-electron chi connectivity index (χ1n) is 5.17. The highest BCUT2D eigenvalue weighted by molar-refractivity contribution is 7.54. The van der Waals surface area contributed by atoms with Crippen molar-refractivity contribution in [2.45, 2.75) is 31.0 Å². The van der Waals surface area contributed by atoms with Crippen LogP contribution in [-0.4, -0.2) is 43.5 Å². The normalized spacial score (nSPS) is 30.8. The van der Waals surface area contributed by atoms with E-state index in [0.717, 1.165) is 26.4 Å². The van der Waals surface area contributed by atoms with Crippen molar-refractivity contribution in [2.75, 3.05) is 26.4 Å². The second-order valence-electron chi connectivity index (χ2n) is 4.36. The van der Waals surface area contributed by atoms with Crippen LogP contribution in [-0.2, 0) is 18.5 Å². The fourth-order valence-electron chi connectivity index (χ4n) is 0.979. The molecule has 0 aliphatic carbocycles. The number of hydrogen-bond donors (Lipinski definition) is 0. The smallest absolute Gasteiger partial charge is 0.105 e. The summed E-state index contributed by atoms with van der Waals surface area (Å²) in [4.78, 5) is 0.129. The average molecular weight is 252 g/mol. The first kappa shape index (κ1) is 12.2. The molecule has 2 aliphatic heterocycles. The van der Waals surface area contributed by atoms with E-state index >= 15 is 0 Å². The molecule has 0 N–H and O–H groups in total. The number of rotatable bonds is 8. The molecule has 15 heavy (non-hydrogen) atoms. The first-order valence-corrected chi connectivity index (χ1v) is 6.98. The summed E-state index contributed by atoms with van der Waals surface area (Å²) in [5.74, 6) is 0. The SMILES string of the molecule is CC(C)(POCC1CO1)POCC1CO1. The second kappa shape index (κ2) is 5.35. The zero-order valence-corrected chi connectivity index (χ0v) is 11.1. The van der Waals surface area contributed by atoms with E-state index in [-0.39, 0.29) is 4.90 Å². The summed E-state index contributed by atoms with van der Waals surface area (Å²) in [6.07, 6.45) is 0.717. The summed E-state index contributed by atoms with van der Waals surface area (Å²) in [5, 5.41) is 0. The fraction of sp³-hybridized carbons (Fsp3) is 1.00. The van der Waals surface area contributed by atoms with E-state index in [1.165, 1.54) is 0 Å². The van der Waals surface area contributed by atoms with Crippen molar-refractivity contribution < 1.29 is 18.5 Å². The Morgan fingerprint density at radius 1 is 1.07 bits per heavy atom. The van der Waals surface area contributed by atoms with Gasteiger partial charge in [0.25, 0.3) is 0 Å². The van der Waals surface area contributed by atoms with Crippen molar-refractivity contribution in [3.63, 3.8) is 0 Å². The summed E-state index contributed by atoms with van der Waals surface area (Å²) >= 11 is 0. The monoisotopic (exact) mass is 252 g/mol. The maximum Gasteiger partial charge on any atom is 0.105 e. The minimum atomic E-state index is 0.129. The van der Waals surface area contributed by atoms with E-state index in [9.17, 15) is 0 Å². The second-order valence-corrected chi connectivity index (χ2v) is 8.35. The molecule has 0 saturated carbocycles. The third-order valence-electron chi connectivity index (χ3n) is 2.00. The molecule has 0 aromatic rings. The predicted octanol–water partition coefficient (Wildman–Crippen LogP) is 1.74. The van der Waals surface area contributed by atoms with Crippen molar-refractivity contribution in [3.8, 4) is 0 Å². The lowest BCUT2D eigenvalue weighted by Crippen LogP contribution is -2.09. The van der Waals surface area contributed by atoms with Gasteiger partial charge in [-0.05, 0) is 13.8 Å². The van der Waals surface area contributed by atoms with E-state index in [4.69, 9.17) is 18.5 Å². The van der Waals surface area contributed by atoms with Crippen LogP contribution in [0.3, 0.4) is 0 Å². The van der Waals surface area contributed by atoms with E-state index in [1.54, 1.807) is 0 Å². The van der Waals surface area contributed by atoms with E-state index in [2.05, 4.69) is 13.8 Å². The zero-order chi connectivity index (χ0) is 10.7. The Balaban J connectivity index is 1.50. The summed E-state index contributed by atoms with van der Waals surface area (Å²) in [6, 6.07) is 0. The molecule has 0 aromatic heterocycles. The lowest BCUT2D eigenvalue weighted by atomic mass is 10.5. The number of epoxide rings is 2. The summed E-state index contributed by atoms with van der Waals surface area (Å²) < 4.78 is 21.3. The molecule has 0 spiro atoms. The minimum Gasteiger partial charge on any atom is -0.371 e. The van der Waals surface area contributed by atoms with Gasteiger partial charge in [-0.15, -0.1) is 0 Å². The van der Waals surface area contributed by atoms with Gasteiger partial charge in [0.1, 0.15) is 12.2 Å². The van der Waals surface area contributed by atoms with Crippen LogP contribution < -0.4 is 0 Å². The third-order valence-corrected chi connectivity index (χ3v) is 4.25. The molecule has 0 bridgehead atoms. The molecule has 88 valence electrons. The zero-order valence-electron chi connectivity index (χ0n) is 9.12. The highest BCUT2D eigenvalue weighted by Crippen LogP contribution is 2.47. The van der Waals surface area contributed by atoms with E-state index in [0.29, 0.717) is 29.8 Å². The summed E-state index contributed by atoms with van der Waals surface area (Å²) in [6.45, 7) is 7.54. The summed E-state index contributed by atoms with van der Waals surface area (Å²) in [7, 11) is 0.964. The highest BCUT2D eigenvalue weighted by Gasteiger charge is 2.27. The molecular weight excluding hydrogens is 234 g/mol. The molecule has 0 radical (unpaired) electrons. The Bertz CT molecular complexity index is 184. The standard InChI is InChI=1S/C9H18O4P2/c1-9(2,14-12-5-7-3-10-7)15-13-6-8-4-11-8/h7-8,14-15H,3-6H2,1-2H3. The molecule has 6 heteroatoms. The van der Waals surface area contributed by atoms with Crippen LogP contribution in [0.1, 0.15) is 13.8 Å². The molecule has 2 heterocycles. The Morgan fingerprint density at radius 3 is 1.80 bits per heavy atom. The van der Waals surface area contributed by atoms with Crippen LogP contribution in [0, 0.1) is 0 Å². The predicted molar refractivity (Wildman–Crippen MR) is 62.1 cm³/mol. The molecule has 2 saturated heterocycles. The molecule has 2 fully saturated rings. The van der Waals surface area contributed by atoms with Crippen molar-refractivity contribution in [2.24, 2.45) is 0 Å². The van der Waals surface area contributed by atoms with Gasteiger partial charge in [-0.2, -0.15) is 0 Å². The van der Waals surface area contributed by atoms with Crippen LogP contribution in [0.4, 0.5) is 0 Å². The lowest BCUT2D eigenvalue weighted by molar-refractivity contribution is 0.279. The Hall–Kier alpha value is 0.700. The average Bonchev–Trinajstić information content (AvgIpc) is 2.97. The van der Waals surface area contributed by atoms with Gasteiger partial charge in [-0.1, -0.05) is 0 Å². The van der Waals surface area contributed by atoms with Gasteiger partial charge in [-0.3, -0.25) is 0 Å². The molecule has 0 aromatic carbocycles. The fourth-order valence-corrected chi connectivity index (χ4v) is 2.84. The molecule has 4 nitrogen and oxygen atoms in total. The quantitative estimate of drug-likeness (QED) is 0.487. The van der Waals surface area contributed by atoms with Crippen LogP contribution in [0.25, 0.3) is 0 Å². The van der Waals surface area contributed by atoms with E-state index < -0.39 is 0 Å². The highest BCUT2D eigenvalue weighted by atomic mass is 31.1. The van der Waals surface area contributed by atoms with Crippen LogP contribution in [0.2, 0.25) is 0 Å². The van der Waals surface area contributed by atoms with E-state index in [1.807, 2.05) is 0 Å². The maximum atomic E-state index is 5.59. The molecule has 2 aliphatic rings. The van der Waals surface area contributed by atoms with Gasteiger partial charge >= 0.3 is 0 Å². The van der Waals surface area contributed by atoms with Gasteiger partial charge in [-0.25, -0.2) is 0 Å². The number of ether oxygens (including phenoxy) is 2. The largest absolute Gasteiger partial charge is 0.371 e. The van der Waals surface area contributed by atoms with Gasteiger partial charge in [0.2, 0.25) is 0 Å². The first-order chi connectivity index (χ1) is 7.16. The molecule has 0 amide bonds. The minimum absolute atomic E-state index is 0.129. The Kier molecular flexibility index (Phi) is 4.34. The van der Waals surface area contributed by atoms with Gasteiger partial charge in [0, 0.05) is 22.5 Å². The molecule has 4 unspecified atom stereocenters. The maximum absolute atomic E-state index is 5.59.